The van der Waals surface area contributed by atoms with Gasteiger partial charge in [-0.2, -0.15) is 105 Å². The van der Waals surface area contributed by atoms with Crippen molar-refractivity contribution in [2.75, 3.05) is 106 Å². The topological polar surface area (TPSA) is 186 Å². The number of nitrogens with two attached hydrogens (primary N) is 1. The van der Waals surface area contributed by atoms with Crippen LogP contribution in [-0.2, 0) is 57.8 Å². The Kier molecular flexibility index (Phi) is 38.3. The molecule has 6 heterocycles. The first-order valence-corrected chi connectivity index (χ1v) is 44.0. The summed E-state index contributed by atoms with van der Waals surface area (Å²) in [6.07, 6.45) is -35.8. The highest BCUT2D eigenvalue weighted by atomic mass is 19.4. The largest absolute Gasteiger partial charge is 0.453 e. The Morgan fingerprint density at radius 3 is 0.871 bits per heavy atom. The smallest absolute Gasteiger partial charge is 0.363 e. The number of aromatic nitrogens is 6. The predicted octanol–water partition coefficient (Wildman–Crippen LogP) is 19.5. The van der Waals surface area contributed by atoms with Crippen molar-refractivity contribution in [3.63, 3.8) is 0 Å². The molecule has 3 aromatic heterocycles. The molecule has 19 nitrogen and oxygen atoms in total. The van der Waals surface area contributed by atoms with Gasteiger partial charge in [0.2, 0.25) is 0 Å². The molecule has 0 amide bonds. The van der Waals surface area contributed by atoms with E-state index in [0.29, 0.717) is 50.3 Å². The number of benzene rings is 6. The molecule has 46 heteroatoms. The fourth-order valence-electron chi connectivity index (χ4n) is 16.4. The van der Waals surface area contributed by atoms with Crippen molar-refractivity contribution in [1.29, 1.82) is 0 Å². The fourth-order valence-corrected chi connectivity index (χ4v) is 16.4. The lowest BCUT2D eigenvalue weighted by Crippen LogP contribution is -2.52. The summed E-state index contributed by atoms with van der Waals surface area (Å²) in [5.41, 5.74) is -1.61. The second-order valence-electron chi connectivity index (χ2n) is 33.9. The van der Waals surface area contributed by atoms with E-state index >= 15 is 0 Å². The summed E-state index contributed by atoms with van der Waals surface area (Å²) < 4.78 is 361. The van der Waals surface area contributed by atoms with Crippen molar-refractivity contribution in [2.45, 2.75) is 206 Å². The molecule has 12 rings (SSSR count). The van der Waals surface area contributed by atoms with Gasteiger partial charge in [-0.1, -0.05) is 144 Å². The van der Waals surface area contributed by atoms with Crippen LogP contribution in [0, 0.1) is 38.2 Å². The quantitative estimate of drug-likeness (QED) is 0.0422. The van der Waals surface area contributed by atoms with E-state index < -0.39 is 197 Å². The van der Waals surface area contributed by atoms with Crippen LogP contribution in [0.15, 0.2) is 174 Å². The number of nitrogens with zero attached hydrogens (tertiary/aromatic N) is 11. The van der Waals surface area contributed by atoms with Crippen molar-refractivity contribution in [1.82, 2.24) is 42.5 Å². The molecule has 3 saturated heterocycles. The number of rotatable bonds is 29. The van der Waals surface area contributed by atoms with E-state index in [9.17, 15) is 147 Å². The SMILES string of the molecule is C.CCCCC(F)(F)C(F)(F)F.Cc1c(N2CCN(CCCC(F)(F)C(F)(F)F)CC2)c(=O)n(C[C@H](C)c2ccccc2)c(=O)n1Cc1c(F)cccc1C(F)(F)F.Cc1c(N2CCN(CCCC(F)(F)C(F)(F)F)CC2)c(=O)n(C[C@H](N)c2ccccc2)c(=O)n1Cc1c(F)cccc1C(F)(F)F.Cc1c(N2CCNCC2)c(=O)n(C[C@H](C)c2ccccc2)c(=O)n1Cc1c(F)cccc1C(F)(F)F. The average molecular weight is 2030 g/mol. The Morgan fingerprint density at radius 1 is 0.336 bits per heavy atom. The molecular formula is C94H106F27N13O6. The van der Waals surface area contributed by atoms with Gasteiger partial charge in [-0.3, -0.25) is 51.6 Å². The summed E-state index contributed by atoms with van der Waals surface area (Å²) in [5.74, 6) is -18.2. The van der Waals surface area contributed by atoms with Gasteiger partial charge < -0.3 is 25.8 Å². The average Bonchev–Trinajstić information content (AvgIpc) is 0.764. The van der Waals surface area contributed by atoms with Gasteiger partial charge in [-0.05, 0) is 118 Å². The zero-order chi connectivity index (χ0) is 103. The molecule has 772 valence electrons. The number of halogens is 27. The van der Waals surface area contributed by atoms with Crippen LogP contribution >= 0.6 is 0 Å². The number of nitrogens with one attached hydrogen (secondary N) is 1. The zero-order valence-corrected chi connectivity index (χ0v) is 75.8. The van der Waals surface area contributed by atoms with Crippen molar-refractivity contribution < 1.29 is 119 Å². The van der Waals surface area contributed by atoms with Crippen LogP contribution in [0.2, 0.25) is 0 Å². The minimum absolute atomic E-state index is 0. The molecule has 140 heavy (non-hydrogen) atoms. The molecule has 6 aromatic carbocycles. The van der Waals surface area contributed by atoms with Gasteiger partial charge in [0.05, 0.1) is 42.9 Å². The van der Waals surface area contributed by atoms with E-state index in [1.165, 1.54) is 20.8 Å². The maximum Gasteiger partial charge on any atom is 0.453 e. The third kappa shape index (κ3) is 28.1. The Labute approximate surface area is 785 Å². The second-order valence-corrected chi connectivity index (χ2v) is 33.9. The normalized spacial score (nSPS) is 15.3. The molecule has 0 aliphatic carbocycles. The summed E-state index contributed by atoms with van der Waals surface area (Å²) in [7, 11) is 0. The Hall–Kier alpha value is -11.3. The van der Waals surface area contributed by atoms with Gasteiger partial charge >= 0.3 is 71.9 Å². The highest BCUT2D eigenvalue weighted by Gasteiger charge is 2.58. The molecule has 0 saturated carbocycles. The summed E-state index contributed by atoms with van der Waals surface area (Å²) >= 11 is 0. The van der Waals surface area contributed by atoms with E-state index in [4.69, 9.17) is 5.73 Å². The van der Waals surface area contributed by atoms with Crippen molar-refractivity contribution in [3.8, 4) is 0 Å². The first-order valence-electron chi connectivity index (χ1n) is 44.0. The lowest BCUT2D eigenvalue weighted by Gasteiger charge is -2.37. The predicted molar refractivity (Wildman–Crippen MR) is 474 cm³/mol. The zero-order valence-electron chi connectivity index (χ0n) is 75.8. The Bertz CT molecular complexity index is 5750. The van der Waals surface area contributed by atoms with Crippen LogP contribution in [0.5, 0.6) is 0 Å². The van der Waals surface area contributed by atoms with Gasteiger partial charge in [0.1, 0.15) is 34.5 Å². The van der Waals surface area contributed by atoms with Crippen LogP contribution in [0.1, 0.15) is 158 Å². The molecule has 0 unspecified atom stereocenters. The molecule has 0 bridgehead atoms. The first-order chi connectivity index (χ1) is 64.7. The van der Waals surface area contributed by atoms with Gasteiger partial charge in [0.15, 0.2) is 0 Å². The molecule has 3 N–H and O–H groups in total. The minimum atomic E-state index is -5.65. The molecule has 3 atom stereocenters. The van der Waals surface area contributed by atoms with E-state index in [1.54, 1.807) is 94.1 Å². The molecule has 3 aliphatic rings. The van der Waals surface area contributed by atoms with Crippen LogP contribution in [-0.4, -0.2) is 165 Å². The number of alkyl halides is 24. The monoisotopic (exact) mass is 2030 g/mol. The number of hydrogen-bond acceptors (Lipinski definition) is 13. The Balaban J connectivity index is 0.000000244. The number of piperazine rings is 3. The van der Waals surface area contributed by atoms with E-state index in [2.05, 4.69) is 5.32 Å². The van der Waals surface area contributed by atoms with Crippen molar-refractivity contribution in [2.24, 2.45) is 5.73 Å². The highest BCUT2D eigenvalue weighted by molar-refractivity contribution is 5.53. The van der Waals surface area contributed by atoms with Gasteiger partial charge in [-0.25, -0.2) is 27.6 Å². The summed E-state index contributed by atoms with van der Waals surface area (Å²) in [5, 5.41) is 3.20. The lowest BCUT2D eigenvalue weighted by atomic mass is 10.0. The van der Waals surface area contributed by atoms with Gasteiger partial charge in [-0.15, -0.1) is 0 Å². The maximum atomic E-state index is 14.9. The number of anilines is 3. The maximum absolute atomic E-state index is 14.9. The summed E-state index contributed by atoms with van der Waals surface area (Å²) in [6.45, 7) is 9.87. The van der Waals surface area contributed by atoms with Crippen LogP contribution < -0.4 is 59.5 Å². The van der Waals surface area contributed by atoms with Crippen molar-refractivity contribution in [3.05, 3.63) is 293 Å². The lowest BCUT2D eigenvalue weighted by molar-refractivity contribution is -0.284. The molecule has 0 spiro atoms. The standard InChI is InChI=1S/C31H33F9N4O2.C30H32F9N5O2.C26H28F4N4O2.C6H9F5.CH4/c1-20(22-8-4-3-5-9-22)18-44-27(45)26(42-16-14-41(15-17-42)13-7-12-29(33,34)31(38,39)40)21(2)43(28(44)46)19-23-24(30(35,36)37)10-6-11-25(23)32;1-19-25(42-15-13-41(14-16-42)12-6-11-28(32,33)30(37,38)39)26(45)44(18-24(40)20-7-3-2-4-8-20)27(46)43(19)17-21-22(29(34,35)36)9-5-10-23(21)31;1-17(19-7-4-3-5-8-19)15-34-24(35)23(32-13-11-31-12-14-32)18(2)33(25(34)36)16-20-21(26(28,29)30)9-6-10-22(20)27;1-2-3-4-5(7,8)6(9,10)11;/h3-6,8-11,20H,7,12-19H2,1-2H3;2-5,7-10,24H,6,11-18,40H2,1H3;3-10,17,31H,11-16H2,1-2H3;2-4H2,1H3;1H4/t20-;24-;17-;;/m000../s1. The molecule has 3 fully saturated rings. The second kappa shape index (κ2) is 47.1. The summed E-state index contributed by atoms with van der Waals surface area (Å²) in [4.78, 5) is 90.7. The molecule has 0 radical (unpaired) electrons. The van der Waals surface area contributed by atoms with E-state index in [0.717, 1.165) is 81.0 Å². The van der Waals surface area contributed by atoms with E-state index in [-0.39, 0.29) is 145 Å². The third-order valence-corrected chi connectivity index (χ3v) is 24.3. The van der Waals surface area contributed by atoms with E-state index in [1.807, 2.05) is 42.2 Å². The van der Waals surface area contributed by atoms with Gasteiger partial charge in [0, 0.05) is 151 Å². The third-order valence-electron chi connectivity index (χ3n) is 24.3. The highest BCUT2D eigenvalue weighted by Crippen LogP contribution is 2.43. The fraction of sp³-hybridized carbons (Fsp3) is 0.489. The van der Waals surface area contributed by atoms with Crippen LogP contribution in [0.3, 0.4) is 0 Å². The number of hydrogen-bond donors (Lipinski definition) is 2. The summed E-state index contributed by atoms with van der Waals surface area (Å²) in [6, 6.07) is 33.4. The number of unbranched alkanes of at least 4 members (excludes halogenated alkanes) is 1. The van der Waals surface area contributed by atoms with Crippen LogP contribution in [0.25, 0.3) is 0 Å². The minimum Gasteiger partial charge on any atom is -0.363 e. The molecule has 3 aliphatic heterocycles. The van der Waals surface area contributed by atoms with Crippen LogP contribution in [0.4, 0.5) is 136 Å². The first kappa shape index (κ1) is 114. The van der Waals surface area contributed by atoms with Gasteiger partial charge in [0.25, 0.3) is 16.7 Å². The molecule has 9 aromatic rings. The Morgan fingerprint density at radius 2 is 0.600 bits per heavy atom. The van der Waals surface area contributed by atoms with Crippen molar-refractivity contribution >= 4 is 17.1 Å². The molecular weight excluding hydrogens is 1920 g/mol.